The van der Waals surface area contributed by atoms with Gasteiger partial charge in [-0.3, -0.25) is 4.79 Å². The van der Waals surface area contributed by atoms with Gasteiger partial charge < -0.3 is 14.2 Å². The van der Waals surface area contributed by atoms with Gasteiger partial charge in [-0.05, 0) is 23.8 Å². The second kappa shape index (κ2) is 6.69. The van der Waals surface area contributed by atoms with Crippen LogP contribution in [0.15, 0.2) is 18.2 Å². The Morgan fingerprint density at radius 1 is 1.11 bits per heavy atom. The molecule has 0 aliphatic heterocycles. The summed E-state index contributed by atoms with van der Waals surface area (Å²) >= 11 is 0. The average molecular weight is 250 g/mol. The highest BCUT2D eigenvalue weighted by Crippen LogP contribution is 2.38. The van der Waals surface area contributed by atoms with E-state index in [1.165, 1.54) is 0 Å². The van der Waals surface area contributed by atoms with Crippen molar-refractivity contribution < 1.29 is 19.0 Å². The summed E-state index contributed by atoms with van der Waals surface area (Å²) in [5.74, 6) is 1.75. The molecule has 0 unspecified atom stereocenters. The summed E-state index contributed by atoms with van der Waals surface area (Å²) in [5, 5.41) is 0. The van der Waals surface area contributed by atoms with E-state index in [0.717, 1.165) is 5.56 Å². The number of hydrogen-bond acceptors (Lipinski definition) is 4. The molecule has 4 nitrogen and oxygen atoms in total. The fraction of sp³-hybridized carbons (Fsp3) is 0.357. The van der Waals surface area contributed by atoms with Gasteiger partial charge in [0.2, 0.25) is 5.75 Å². The van der Waals surface area contributed by atoms with E-state index in [4.69, 9.17) is 14.2 Å². The number of carbonyl (C=O) groups is 1. The van der Waals surface area contributed by atoms with Gasteiger partial charge in [0.15, 0.2) is 17.3 Å². The summed E-state index contributed by atoms with van der Waals surface area (Å²) in [7, 11) is 4.67. The van der Waals surface area contributed by atoms with Crippen molar-refractivity contribution in [3.8, 4) is 17.2 Å². The van der Waals surface area contributed by atoms with E-state index in [9.17, 15) is 4.79 Å². The molecule has 98 valence electrons. The largest absolute Gasteiger partial charge is 0.493 e. The second-order valence-electron chi connectivity index (χ2n) is 3.61. The average Bonchev–Trinajstić information content (AvgIpc) is 2.43. The van der Waals surface area contributed by atoms with E-state index in [1.807, 2.05) is 6.92 Å². The van der Waals surface area contributed by atoms with Crippen LogP contribution in [0.25, 0.3) is 6.08 Å². The van der Waals surface area contributed by atoms with Crippen LogP contribution in [0.4, 0.5) is 0 Å². The highest BCUT2D eigenvalue weighted by atomic mass is 16.5. The van der Waals surface area contributed by atoms with E-state index in [0.29, 0.717) is 23.7 Å². The van der Waals surface area contributed by atoms with Crippen molar-refractivity contribution in [2.24, 2.45) is 0 Å². The number of allylic oxidation sites excluding steroid dienone is 1. The molecular weight excluding hydrogens is 232 g/mol. The third-order valence-electron chi connectivity index (χ3n) is 2.50. The van der Waals surface area contributed by atoms with E-state index in [1.54, 1.807) is 45.6 Å². The smallest absolute Gasteiger partial charge is 0.203 e. The van der Waals surface area contributed by atoms with Crippen LogP contribution in [0.5, 0.6) is 17.2 Å². The summed E-state index contributed by atoms with van der Waals surface area (Å²) in [6.45, 7) is 1.82. The molecule has 0 heterocycles. The van der Waals surface area contributed by atoms with Crippen LogP contribution in [-0.4, -0.2) is 27.1 Å². The Balaban J connectivity index is 3.15. The highest BCUT2D eigenvalue weighted by molar-refractivity contribution is 5.93. The third-order valence-corrected chi connectivity index (χ3v) is 2.50. The fourth-order valence-corrected chi connectivity index (χ4v) is 1.50. The Kier molecular flexibility index (Phi) is 5.24. The number of hydrogen-bond donors (Lipinski definition) is 0. The lowest BCUT2D eigenvalue weighted by Gasteiger charge is -2.12. The number of methoxy groups -OCH3 is 3. The first-order chi connectivity index (χ1) is 8.65. The molecule has 0 amide bonds. The fourth-order valence-electron chi connectivity index (χ4n) is 1.50. The monoisotopic (exact) mass is 250 g/mol. The van der Waals surface area contributed by atoms with Crippen LogP contribution in [-0.2, 0) is 4.79 Å². The normalized spacial score (nSPS) is 10.4. The zero-order valence-corrected chi connectivity index (χ0v) is 11.1. The summed E-state index contributed by atoms with van der Waals surface area (Å²) in [5.41, 5.74) is 0.825. The number of ketones is 1. The number of carbonyl (C=O) groups excluding carboxylic acids is 1. The zero-order chi connectivity index (χ0) is 13.5. The Bertz CT molecular complexity index is 424. The van der Waals surface area contributed by atoms with Crippen molar-refractivity contribution >= 4 is 11.9 Å². The molecule has 0 spiro atoms. The molecular formula is C14H18O4. The van der Waals surface area contributed by atoms with Gasteiger partial charge in [-0.25, -0.2) is 0 Å². The highest BCUT2D eigenvalue weighted by Gasteiger charge is 2.11. The maximum absolute atomic E-state index is 11.2. The summed E-state index contributed by atoms with van der Waals surface area (Å²) in [6.07, 6.45) is 3.76. The van der Waals surface area contributed by atoms with Crippen LogP contribution < -0.4 is 14.2 Å². The summed E-state index contributed by atoms with van der Waals surface area (Å²) in [6, 6.07) is 3.58. The molecule has 0 aliphatic rings. The molecule has 0 aliphatic carbocycles. The predicted octanol–water partition coefficient (Wildman–Crippen LogP) is 2.70. The van der Waals surface area contributed by atoms with Gasteiger partial charge in [0.25, 0.3) is 0 Å². The van der Waals surface area contributed by atoms with Gasteiger partial charge in [0, 0.05) is 6.42 Å². The van der Waals surface area contributed by atoms with Crippen LogP contribution in [0, 0.1) is 0 Å². The number of benzene rings is 1. The topological polar surface area (TPSA) is 44.8 Å². The van der Waals surface area contributed by atoms with Gasteiger partial charge in [-0.2, -0.15) is 0 Å². The quantitative estimate of drug-likeness (QED) is 0.728. The van der Waals surface area contributed by atoms with Gasteiger partial charge >= 0.3 is 0 Å². The zero-order valence-electron chi connectivity index (χ0n) is 11.1. The molecule has 4 heteroatoms. The van der Waals surface area contributed by atoms with Crippen molar-refractivity contribution in [2.45, 2.75) is 13.3 Å². The maximum Gasteiger partial charge on any atom is 0.203 e. The van der Waals surface area contributed by atoms with Crippen LogP contribution >= 0.6 is 0 Å². The predicted molar refractivity (Wildman–Crippen MR) is 70.4 cm³/mol. The Morgan fingerprint density at radius 3 is 2.06 bits per heavy atom. The lowest BCUT2D eigenvalue weighted by atomic mass is 10.1. The first-order valence-corrected chi connectivity index (χ1v) is 5.67. The van der Waals surface area contributed by atoms with E-state index in [-0.39, 0.29) is 5.78 Å². The molecule has 0 saturated carbocycles. The number of ether oxygens (including phenoxy) is 3. The van der Waals surface area contributed by atoms with E-state index < -0.39 is 0 Å². The van der Waals surface area contributed by atoms with E-state index in [2.05, 4.69) is 0 Å². The minimum Gasteiger partial charge on any atom is -0.493 e. The standard InChI is InChI=1S/C14H18O4/c1-5-11(15)7-6-10-8-12(16-2)14(18-4)13(9-10)17-3/h6-9H,5H2,1-4H3. The molecule has 0 saturated heterocycles. The third kappa shape index (κ3) is 3.26. The molecule has 0 atom stereocenters. The van der Waals surface area contributed by atoms with Crippen LogP contribution in [0.1, 0.15) is 18.9 Å². The summed E-state index contributed by atoms with van der Waals surface area (Å²) in [4.78, 5) is 11.2. The van der Waals surface area contributed by atoms with Gasteiger partial charge in [0.1, 0.15) is 0 Å². The maximum atomic E-state index is 11.2. The van der Waals surface area contributed by atoms with Crippen molar-refractivity contribution in [2.75, 3.05) is 21.3 Å². The van der Waals surface area contributed by atoms with Crippen LogP contribution in [0.3, 0.4) is 0 Å². The molecule has 1 aromatic rings. The van der Waals surface area contributed by atoms with Crippen molar-refractivity contribution in [3.05, 3.63) is 23.8 Å². The first kappa shape index (κ1) is 14.1. The summed E-state index contributed by atoms with van der Waals surface area (Å²) < 4.78 is 15.7. The molecule has 1 rings (SSSR count). The Hall–Kier alpha value is -1.97. The van der Waals surface area contributed by atoms with Crippen molar-refractivity contribution in [1.29, 1.82) is 0 Å². The molecule has 0 bridgehead atoms. The van der Waals surface area contributed by atoms with Gasteiger partial charge in [-0.15, -0.1) is 0 Å². The molecule has 1 aromatic carbocycles. The second-order valence-corrected chi connectivity index (χ2v) is 3.61. The minimum atomic E-state index is 0.0729. The first-order valence-electron chi connectivity index (χ1n) is 5.67. The molecule has 18 heavy (non-hydrogen) atoms. The Labute approximate surface area is 107 Å². The SMILES string of the molecule is CCC(=O)C=Cc1cc(OC)c(OC)c(OC)c1. The van der Waals surface area contributed by atoms with E-state index >= 15 is 0 Å². The van der Waals surface area contributed by atoms with Crippen LogP contribution in [0.2, 0.25) is 0 Å². The molecule has 0 N–H and O–H groups in total. The Morgan fingerprint density at radius 2 is 1.67 bits per heavy atom. The molecule has 0 aromatic heterocycles. The minimum absolute atomic E-state index is 0.0729. The molecule has 0 radical (unpaired) electrons. The number of rotatable bonds is 6. The lowest BCUT2D eigenvalue weighted by Crippen LogP contribution is -1.95. The van der Waals surface area contributed by atoms with Gasteiger partial charge in [0.05, 0.1) is 21.3 Å². The molecule has 0 fully saturated rings. The lowest BCUT2D eigenvalue weighted by molar-refractivity contribution is -0.114. The van der Waals surface area contributed by atoms with Gasteiger partial charge in [-0.1, -0.05) is 13.0 Å². The van der Waals surface area contributed by atoms with Crippen molar-refractivity contribution in [1.82, 2.24) is 0 Å². The van der Waals surface area contributed by atoms with Crippen molar-refractivity contribution in [3.63, 3.8) is 0 Å².